The van der Waals surface area contributed by atoms with Crippen LogP contribution in [0.3, 0.4) is 0 Å². The number of aromatic nitrogens is 2. The number of nitrogens with zero attached hydrogens (tertiary/aromatic N) is 3. The first kappa shape index (κ1) is 15.7. The van der Waals surface area contributed by atoms with Crippen molar-refractivity contribution in [3.05, 3.63) is 11.4 Å². The maximum Gasteiger partial charge on any atom is 0.137 e. The van der Waals surface area contributed by atoms with Gasteiger partial charge in [0.25, 0.3) is 0 Å². The molecule has 0 amide bonds. The molecule has 0 radical (unpaired) electrons. The second-order valence-electron chi connectivity index (χ2n) is 5.72. The van der Waals surface area contributed by atoms with Gasteiger partial charge in [0.05, 0.1) is 0 Å². The number of hydrogen-bond donors (Lipinski definition) is 1. The maximum absolute atomic E-state index is 4.78. The SMILES string of the molecule is CCN(CC(C)C)c1nc(C(C)C)nc(NC)c1C. The minimum Gasteiger partial charge on any atom is -0.373 e. The molecule has 108 valence electrons. The monoisotopic (exact) mass is 264 g/mol. The number of rotatable bonds is 6. The highest BCUT2D eigenvalue weighted by atomic mass is 15.2. The Kier molecular flexibility index (Phi) is 5.58. The minimum atomic E-state index is 0.337. The first-order valence-corrected chi connectivity index (χ1v) is 7.21. The minimum absolute atomic E-state index is 0.337. The summed E-state index contributed by atoms with van der Waals surface area (Å²) in [5, 5.41) is 3.19. The van der Waals surface area contributed by atoms with E-state index in [0.717, 1.165) is 36.1 Å². The van der Waals surface area contributed by atoms with Crippen LogP contribution in [-0.4, -0.2) is 30.1 Å². The molecule has 0 saturated carbocycles. The summed E-state index contributed by atoms with van der Waals surface area (Å²) < 4.78 is 0. The van der Waals surface area contributed by atoms with Crippen molar-refractivity contribution in [1.82, 2.24) is 9.97 Å². The van der Waals surface area contributed by atoms with Crippen molar-refractivity contribution in [3.63, 3.8) is 0 Å². The van der Waals surface area contributed by atoms with Gasteiger partial charge < -0.3 is 10.2 Å². The Labute approximate surface area is 117 Å². The summed E-state index contributed by atoms with van der Waals surface area (Å²) in [6.45, 7) is 15.0. The van der Waals surface area contributed by atoms with Crippen molar-refractivity contribution in [3.8, 4) is 0 Å². The molecule has 0 aliphatic heterocycles. The summed E-state index contributed by atoms with van der Waals surface area (Å²) in [4.78, 5) is 11.7. The largest absolute Gasteiger partial charge is 0.373 e. The third-order valence-electron chi connectivity index (χ3n) is 3.16. The zero-order valence-electron chi connectivity index (χ0n) is 13.4. The number of anilines is 2. The Morgan fingerprint density at radius 2 is 1.79 bits per heavy atom. The lowest BCUT2D eigenvalue weighted by molar-refractivity contribution is 0.610. The highest BCUT2D eigenvalue weighted by Crippen LogP contribution is 2.26. The van der Waals surface area contributed by atoms with Gasteiger partial charge in [-0.15, -0.1) is 0 Å². The molecule has 4 nitrogen and oxygen atoms in total. The van der Waals surface area contributed by atoms with Crippen LogP contribution in [0.25, 0.3) is 0 Å². The lowest BCUT2D eigenvalue weighted by Gasteiger charge is -2.27. The van der Waals surface area contributed by atoms with Gasteiger partial charge in [-0.05, 0) is 19.8 Å². The van der Waals surface area contributed by atoms with Crippen molar-refractivity contribution in [1.29, 1.82) is 0 Å². The van der Waals surface area contributed by atoms with E-state index in [1.807, 2.05) is 7.05 Å². The Bertz CT molecular complexity index is 413. The Balaban J connectivity index is 3.26. The molecule has 0 spiro atoms. The van der Waals surface area contributed by atoms with E-state index < -0.39 is 0 Å². The van der Waals surface area contributed by atoms with E-state index in [-0.39, 0.29) is 0 Å². The standard InChI is InChI=1S/C15H28N4/c1-8-19(9-10(2)3)15-12(6)14(16-7)17-13(18-15)11(4)5/h10-11H,8-9H2,1-7H3,(H,16,17,18). The Morgan fingerprint density at radius 3 is 2.21 bits per heavy atom. The molecule has 0 aromatic carbocycles. The summed E-state index contributed by atoms with van der Waals surface area (Å²) in [7, 11) is 1.92. The molecule has 0 atom stereocenters. The highest BCUT2D eigenvalue weighted by Gasteiger charge is 2.17. The summed E-state index contributed by atoms with van der Waals surface area (Å²) >= 11 is 0. The molecular weight excluding hydrogens is 236 g/mol. The van der Waals surface area contributed by atoms with Gasteiger partial charge >= 0.3 is 0 Å². The van der Waals surface area contributed by atoms with E-state index in [9.17, 15) is 0 Å². The summed E-state index contributed by atoms with van der Waals surface area (Å²) in [5.74, 6) is 3.88. The van der Waals surface area contributed by atoms with Gasteiger partial charge in [-0.25, -0.2) is 9.97 Å². The van der Waals surface area contributed by atoms with Gasteiger partial charge in [0.15, 0.2) is 0 Å². The lowest BCUT2D eigenvalue weighted by Crippen LogP contribution is -2.29. The van der Waals surface area contributed by atoms with Gasteiger partial charge in [-0.3, -0.25) is 0 Å². The molecule has 1 aromatic heterocycles. The third kappa shape index (κ3) is 3.82. The average molecular weight is 264 g/mol. The molecule has 0 unspecified atom stereocenters. The van der Waals surface area contributed by atoms with Crippen LogP contribution in [0.2, 0.25) is 0 Å². The van der Waals surface area contributed by atoms with E-state index in [1.54, 1.807) is 0 Å². The van der Waals surface area contributed by atoms with E-state index in [1.165, 1.54) is 0 Å². The molecule has 0 aliphatic rings. The molecule has 1 N–H and O–H groups in total. The molecular formula is C15H28N4. The molecule has 19 heavy (non-hydrogen) atoms. The molecule has 1 aromatic rings. The molecule has 0 bridgehead atoms. The molecule has 4 heteroatoms. The fraction of sp³-hybridized carbons (Fsp3) is 0.733. The van der Waals surface area contributed by atoms with Crippen LogP contribution in [0.5, 0.6) is 0 Å². The fourth-order valence-corrected chi connectivity index (χ4v) is 2.14. The van der Waals surface area contributed by atoms with Crippen LogP contribution in [0.1, 0.15) is 51.9 Å². The smallest absolute Gasteiger partial charge is 0.137 e. The molecule has 0 aliphatic carbocycles. The zero-order chi connectivity index (χ0) is 14.6. The first-order chi connectivity index (χ1) is 8.90. The lowest BCUT2D eigenvalue weighted by atomic mass is 10.1. The average Bonchev–Trinajstić information content (AvgIpc) is 2.36. The van der Waals surface area contributed by atoms with Crippen LogP contribution >= 0.6 is 0 Å². The van der Waals surface area contributed by atoms with Crippen molar-refractivity contribution in [2.45, 2.75) is 47.5 Å². The fourth-order valence-electron chi connectivity index (χ4n) is 2.14. The predicted molar refractivity (Wildman–Crippen MR) is 83.1 cm³/mol. The van der Waals surface area contributed by atoms with Crippen molar-refractivity contribution < 1.29 is 0 Å². The Morgan fingerprint density at radius 1 is 1.16 bits per heavy atom. The normalized spacial score (nSPS) is 11.2. The van der Waals surface area contributed by atoms with Crippen LogP contribution in [0.15, 0.2) is 0 Å². The van der Waals surface area contributed by atoms with Gasteiger partial charge in [-0.2, -0.15) is 0 Å². The molecule has 0 fully saturated rings. The predicted octanol–water partition coefficient (Wildman–Crippen LogP) is 3.43. The summed E-state index contributed by atoms with van der Waals surface area (Å²) in [5.41, 5.74) is 1.13. The van der Waals surface area contributed by atoms with E-state index in [0.29, 0.717) is 11.8 Å². The van der Waals surface area contributed by atoms with E-state index >= 15 is 0 Å². The molecule has 0 saturated heterocycles. The van der Waals surface area contributed by atoms with Gasteiger partial charge in [0.2, 0.25) is 0 Å². The van der Waals surface area contributed by atoms with Crippen molar-refractivity contribution in [2.24, 2.45) is 5.92 Å². The summed E-state index contributed by atoms with van der Waals surface area (Å²) in [6, 6.07) is 0. The van der Waals surface area contributed by atoms with E-state index in [4.69, 9.17) is 4.98 Å². The summed E-state index contributed by atoms with van der Waals surface area (Å²) in [6.07, 6.45) is 0. The molecule has 1 heterocycles. The maximum atomic E-state index is 4.78. The van der Waals surface area contributed by atoms with Crippen molar-refractivity contribution >= 4 is 11.6 Å². The van der Waals surface area contributed by atoms with Crippen LogP contribution in [0.4, 0.5) is 11.6 Å². The Hall–Kier alpha value is -1.32. The van der Waals surface area contributed by atoms with Gasteiger partial charge in [-0.1, -0.05) is 27.7 Å². The second kappa shape index (κ2) is 6.73. The highest BCUT2D eigenvalue weighted by molar-refractivity contribution is 5.58. The first-order valence-electron chi connectivity index (χ1n) is 7.21. The van der Waals surface area contributed by atoms with Crippen LogP contribution < -0.4 is 10.2 Å². The molecule has 1 rings (SSSR count). The van der Waals surface area contributed by atoms with Crippen molar-refractivity contribution in [2.75, 3.05) is 30.4 Å². The van der Waals surface area contributed by atoms with E-state index in [2.05, 4.69) is 56.7 Å². The second-order valence-corrected chi connectivity index (χ2v) is 5.72. The van der Waals surface area contributed by atoms with Gasteiger partial charge in [0.1, 0.15) is 17.5 Å². The zero-order valence-corrected chi connectivity index (χ0v) is 13.4. The van der Waals surface area contributed by atoms with Gasteiger partial charge in [0, 0.05) is 31.6 Å². The topological polar surface area (TPSA) is 41.1 Å². The van der Waals surface area contributed by atoms with Crippen LogP contribution in [0, 0.1) is 12.8 Å². The third-order valence-corrected chi connectivity index (χ3v) is 3.16. The number of hydrogen-bond acceptors (Lipinski definition) is 4. The quantitative estimate of drug-likeness (QED) is 0.854. The van der Waals surface area contributed by atoms with Crippen LogP contribution in [-0.2, 0) is 0 Å². The number of nitrogens with one attached hydrogen (secondary N) is 1.